The molecule has 3 heterocycles. The van der Waals surface area contributed by atoms with Gasteiger partial charge in [0.2, 0.25) is 11.8 Å². The van der Waals surface area contributed by atoms with Crippen LogP contribution in [0.25, 0.3) is 0 Å². The highest BCUT2D eigenvalue weighted by Gasteiger charge is 2.37. The summed E-state index contributed by atoms with van der Waals surface area (Å²) in [6.45, 7) is 3.03. The first-order valence-electron chi connectivity index (χ1n) is 14.2. The number of rotatable bonds is 9. The van der Waals surface area contributed by atoms with Crippen LogP contribution in [0, 0.1) is 0 Å². The molecule has 10 nitrogen and oxygen atoms in total. The van der Waals surface area contributed by atoms with Crippen LogP contribution < -0.4 is 20.1 Å². The highest BCUT2D eigenvalue weighted by Crippen LogP contribution is 2.41. The standard InChI is InChI=1S/C30H34F4N6O4/c1-18-21-5-4-6-25(22(21)17-43-40(18)14-11-31)44-28-23(30(32,33)34)16-35-29(38-28)37-24-8-7-19(15-26(24)42-3)27(41)36-20-9-12-39(2)13-10-20/h4-8,15-16,18,20H,9-14,17H2,1-3H3,(H,36,41)(H,35,37,38)/t18-/m1/s1. The van der Waals surface area contributed by atoms with Crippen molar-refractivity contribution in [2.75, 3.05) is 45.8 Å². The van der Waals surface area contributed by atoms with Gasteiger partial charge in [-0.2, -0.15) is 23.2 Å². The maximum Gasteiger partial charge on any atom is 0.423 e. The van der Waals surface area contributed by atoms with Crippen LogP contribution in [-0.4, -0.2) is 72.3 Å². The van der Waals surface area contributed by atoms with Gasteiger partial charge in [0.25, 0.3) is 5.91 Å². The van der Waals surface area contributed by atoms with Crippen LogP contribution in [0.2, 0.25) is 0 Å². The van der Waals surface area contributed by atoms with E-state index in [4.69, 9.17) is 14.3 Å². The largest absolute Gasteiger partial charge is 0.495 e. The first kappa shape index (κ1) is 31.4. The number of anilines is 2. The summed E-state index contributed by atoms with van der Waals surface area (Å²) in [5, 5.41) is 7.40. The van der Waals surface area contributed by atoms with Crippen molar-refractivity contribution in [3.05, 3.63) is 64.8 Å². The van der Waals surface area contributed by atoms with Crippen molar-refractivity contribution in [1.82, 2.24) is 25.2 Å². The number of aromatic nitrogens is 2. The van der Waals surface area contributed by atoms with Gasteiger partial charge in [-0.25, -0.2) is 9.37 Å². The summed E-state index contributed by atoms with van der Waals surface area (Å²) in [5.74, 6) is -0.744. The number of fused-ring (bicyclic) bond motifs is 1. The number of amides is 1. The molecule has 1 saturated heterocycles. The molecule has 0 radical (unpaired) electrons. The zero-order valence-corrected chi connectivity index (χ0v) is 24.6. The molecule has 1 aromatic heterocycles. The average molecular weight is 619 g/mol. The van der Waals surface area contributed by atoms with Crippen molar-refractivity contribution < 1.29 is 36.7 Å². The number of piperidine rings is 1. The number of hydrogen-bond donors (Lipinski definition) is 2. The Kier molecular flexibility index (Phi) is 9.51. The summed E-state index contributed by atoms with van der Waals surface area (Å²) in [7, 11) is 3.45. The zero-order chi connectivity index (χ0) is 31.4. The number of methoxy groups -OCH3 is 1. The Morgan fingerprint density at radius 1 is 1.16 bits per heavy atom. The Morgan fingerprint density at radius 2 is 1.93 bits per heavy atom. The lowest BCUT2D eigenvalue weighted by Gasteiger charge is -2.34. The number of ether oxygens (including phenoxy) is 2. The first-order valence-corrected chi connectivity index (χ1v) is 14.2. The lowest BCUT2D eigenvalue weighted by Crippen LogP contribution is -2.43. The summed E-state index contributed by atoms with van der Waals surface area (Å²) in [4.78, 5) is 28.6. The third kappa shape index (κ3) is 7.03. The fraction of sp³-hybridized carbons (Fsp3) is 0.433. The molecule has 2 aromatic carbocycles. The Bertz CT molecular complexity index is 1480. The number of hydroxylamine groups is 2. The van der Waals surface area contributed by atoms with Crippen LogP contribution in [0.1, 0.15) is 52.9 Å². The molecule has 1 amide bonds. The van der Waals surface area contributed by atoms with Gasteiger partial charge < -0.3 is 25.0 Å². The Labute approximate surface area is 252 Å². The van der Waals surface area contributed by atoms with Crippen LogP contribution in [0.3, 0.4) is 0 Å². The van der Waals surface area contributed by atoms with Gasteiger partial charge in [-0.1, -0.05) is 12.1 Å². The fourth-order valence-corrected chi connectivity index (χ4v) is 5.26. The number of nitrogens with one attached hydrogen (secondary N) is 2. The van der Waals surface area contributed by atoms with E-state index < -0.39 is 24.3 Å². The number of benzene rings is 2. The molecule has 0 bridgehead atoms. The Morgan fingerprint density at radius 3 is 2.64 bits per heavy atom. The number of alkyl halides is 4. The van der Waals surface area contributed by atoms with Crippen LogP contribution in [0.4, 0.5) is 29.2 Å². The molecule has 2 aliphatic heterocycles. The number of likely N-dealkylation sites (tertiary alicyclic amines) is 1. The van der Waals surface area contributed by atoms with Crippen molar-refractivity contribution in [2.45, 2.75) is 44.6 Å². The molecule has 3 aromatic rings. The number of carbonyl (C=O) groups excluding carboxylic acids is 1. The van der Waals surface area contributed by atoms with Crippen molar-refractivity contribution in [1.29, 1.82) is 0 Å². The maximum atomic E-state index is 14.0. The summed E-state index contributed by atoms with van der Waals surface area (Å²) in [6.07, 6.45) is -2.46. The molecule has 2 N–H and O–H groups in total. The summed E-state index contributed by atoms with van der Waals surface area (Å²) in [5.41, 5.74) is 0.817. The second-order valence-corrected chi connectivity index (χ2v) is 10.7. The number of nitrogens with zero attached hydrogens (tertiary/aromatic N) is 4. The average Bonchev–Trinajstić information content (AvgIpc) is 3.00. The molecule has 5 rings (SSSR count). The van der Waals surface area contributed by atoms with Gasteiger partial charge in [-0.3, -0.25) is 9.63 Å². The molecule has 0 unspecified atom stereocenters. The smallest absolute Gasteiger partial charge is 0.423 e. The van der Waals surface area contributed by atoms with E-state index in [9.17, 15) is 22.4 Å². The normalized spacial score (nSPS) is 18.0. The van der Waals surface area contributed by atoms with Crippen LogP contribution >= 0.6 is 0 Å². The van der Waals surface area contributed by atoms with Gasteiger partial charge in [-0.05, 0) is 69.7 Å². The van der Waals surface area contributed by atoms with Gasteiger partial charge in [0.05, 0.1) is 32.0 Å². The van der Waals surface area contributed by atoms with E-state index in [1.54, 1.807) is 24.3 Å². The minimum atomic E-state index is -4.80. The van der Waals surface area contributed by atoms with E-state index in [-0.39, 0.29) is 48.6 Å². The van der Waals surface area contributed by atoms with Gasteiger partial charge in [-0.15, -0.1) is 0 Å². The van der Waals surface area contributed by atoms with E-state index in [1.807, 2.05) is 14.0 Å². The van der Waals surface area contributed by atoms with E-state index in [0.29, 0.717) is 23.0 Å². The molecule has 44 heavy (non-hydrogen) atoms. The van der Waals surface area contributed by atoms with Crippen molar-refractivity contribution in [2.24, 2.45) is 0 Å². The minimum absolute atomic E-state index is 0.0116. The quantitative estimate of drug-likeness (QED) is 0.295. The van der Waals surface area contributed by atoms with Crippen molar-refractivity contribution in [3.63, 3.8) is 0 Å². The minimum Gasteiger partial charge on any atom is -0.495 e. The maximum absolute atomic E-state index is 14.0. The second kappa shape index (κ2) is 13.3. The zero-order valence-electron chi connectivity index (χ0n) is 24.6. The topological polar surface area (TPSA) is 101 Å². The van der Waals surface area contributed by atoms with Crippen molar-refractivity contribution in [3.8, 4) is 17.4 Å². The summed E-state index contributed by atoms with van der Waals surface area (Å²) < 4.78 is 66.1. The van der Waals surface area contributed by atoms with Gasteiger partial charge in [0.1, 0.15) is 23.7 Å². The highest BCUT2D eigenvalue weighted by atomic mass is 19.4. The first-order chi connectivity index (χ1) is 21.1. The lowest BCUT2D eigenvalue weighted by atomic mass is 9.99. The van der Waals surface area contributed by atoms with Crippen LogP contribution in [0.15, 0.2) is 42.6 Å². The number of carbonyl (C=O) groups is 1. The third-order valence-electron chi connectivity index (χ3n) is 7.76. The Balaban J connectivity index is 1.38. The summed E-state index contributed by atoms with van der Waals surface area (Å²) in [6, 6.07) is 9.38. The molecule has 0 spiro atoms. The molecule has 1 atom stereocenters. The van der Waals surface area contributed by atoms with E-state index in [1.165, 1.54) is 24.3 Å². The van der Waals surface area contributed by atoms with Crippen molar-refractivity contribution >= 4 is 17.5 Å². The Hall–Kier alpha value is -4.01. The van der Waals surface area contributed by atoms with Crippen LogP contribution in [0.5, 0.6) is 17.4 Å². The van der Waals surface area contributed by atoms with E-state index >= 15 is 0 Å². The molecule has 14 heteroatoms. The van der Waals surface area contributed by atoms with E-state index in [2.05, 4.69) is 25.5 Å². The molecule has 1 fully saturated rings. The predicted molar refractivity (Wildman–Crippen MR) is 154 cm³/mol. The lowest BCUT2D eigenvalue weighted by molar-refractivity contribution is -0.207. The molecular formula is C30H34F4N6O4. The SMILES string of the molecule is COc1cc(C(=O)NC2CCN(C)CC2)ccc1Nc1ncc(C(F)(F)F)c(Oc2cccc3c2CON(CCF)[C@@H]3C)n1. The number of halogens is 4. The van der Waals surface area contributed by atoms with Gasteiger partial charge in [0.15, 0.2) is 0 Å². The number of hydrogen-bond acceptors (Lipinski definition) is 9. The molecule has 2 aliphatic rings. The second-order valence-electron chi connectivity index (χ2n) is 10.7. The predicted octanol–water partition coefficient (Wildman–Crippen LogP) is 5.64. The summed E-state index contributed by atoms with van der Waals surface area (Å²) >= 11 is 0. The van der Waals surface area contributed by atoms with E-state index in [0.717, 1.165) is 31.5 Å². The third-order valence-corrected chi connectivity index (χ3v) is 7.76. The fourth-order valence-electron chi connectivity index (χ4n) is 5.26. The molecular weight excluding hydrogens is 584 g/mol. The molecule has 0 aliphatic carbocycles. The monoisotopic (exact) mass is 618 g/mol. The van der Waals surface area contributed by atoms with Gasteiger partial charge in [0, 0.05) is 23.4 Å². The van der Waals surface area contributed by atoms with Gasteiger partial charge >= 0.3 is 6.18 Å². The van der Waals surface area contributed by atoms with Crippen LogP contribution in [-0.2, 0) is 17.6 Å². The molecule has 236 valence electrons. The molecule has 0 saturated carbocycles. The highest BCUT2D eigenvalue weighted by molar-refractivity contribution is 5.95.